The quantitative estimate of drug-likeness (QED) is 0.306. The number of amides is 1. The van der Waals surface area contributed by atoms with Gasteiger partial charge in [0.1, 0.15) is 23.9 Å². The van der Waals surface area contributed by atoms with Crippen molar-refractivity contribution in [1.82, 2.24) is 4.90 Å². The number of benzene rings is 3. The van der Waals surface area contributed by atoms with E-state index >= 15 is 0 Å². The molecule has 184 valence electrons. The zero-order chi connectivity index (χ0) is 25.2. The second-order valence-corrected chi connectivity index (χ2v) is 9.23. The van der Waals surface area contributed by atoms with E-state index in [0.717, 1.165) is 15.6 Å². The average molecular weight is 550 g/mol. The number of carbonyl (C=O) groups is 1. The number of hydrogen-bond donors (Lipinski definition) is 0. The van der Waals surface area contributed by atoms with Gasteiger partial charge in [-0.1, -0.05) is 28.1 Å². The van der Waals surface area contributed by atoms with E-state index in [-0.39, 0.29) is 24.4 Å². The first-order chi connectivity index (χ1) is 16.6. The molecule has 1 aliphatic rings. The van der Waals surface area contributed by atoms with Gasteiger partial charge in [-0.3, -0.25) is 4.79 Å². The zero-order valence-electron chi connectivity index (χ0n) is 19.0. The van der Waals surface area contributed by atoms with Crippen LogP contribution in [-0.4, -0.2) is 29.9 Å². The number of nitrogens with zero attached hydrogens (tertiary/aromatic N) is 1. The Kier molecular flexibility index (Phi) is 7.25. The van der Waals surface area contributed by atoms with E-state index in [1.807, 2.05) is 50.2 Å². The largest absolute Gasteiger partial charge is 0.573 e. The highest BCUT2D eigenvalue weighted by Gasteiger charge is 2.34. The van der Waals surface area contributed by atoms with Gasteiger partial charge in [0.25, 0.3) is 5.91 Å². The van der Waals surface area contributed by atoms with Crippen LogP contribution >= 0.6 is 15.9 Å². The maximum Gasteiger partial charge on any atom is 0.573 e. The van der Waals surface area contributed by atoms with Crippen LogP contribution < -0.4 is 14.2 Å². The summed E-state index contributed by atoms with van der Waals surface area (Å²) in [6.45, 7) is 4.39. The highest BCUT2D eigenvalue weighted by molar-refractivity contribution is 9.10. The topological polar surface area (TPSA) is 48.0 Å². The van der Waals surface area contributed by atoms with Crippen LogP contribution in [0.4, 0.5) is 13.2 Å². The third-order valence-electron chi connectivity index (χ3n) is 5.38. The van der Waals surface area contributed by atoms with E-state index in [9.17, 15) is 18.0 Å². The Morgan fingerprint density at radius 2 is 1.57 bits per heavy atom. The fourth-order valence-electron chi connectivity index (χ4n) is 3.88. The first-order valence-electron chi connectivity index (χ1n) is 10.9. The predicted octanol–water partition coefficient (Wildman–Crippen LogP) is 6.91. The van der Waals surface area contributed by atoms with E-state index in [2.05, 4.69) is 20.7 Å². The molecule has 0 fully saturated rings. The third kappa shape index (κ3) is 6.28. The monoisotopic (exact) mass is 549 g/mol. The van der Waals surface area contributed by atoms with Gasteiger partial charge in [-0.05, 0) is 79.6 Å². The number of hydrogen-bond acceptors (Lipinski definition) is 4. The van der Waals surface area contributed by atoms with Crippen LogP contribution in [0, 0.1) is 0 Å². The van der Waals surface area contributed by atoms with E-state index in [1.165, 1.54) is 24.3 Å². The SMILES string of the molecule is CC(C)Oc1ccc(C(COc2ccc(OC(F)(F)F)cc2)N2Cc3cc(Br)ccc3C2=O)cc1. The van der Waals surface area contributed by atoms with Gasteiger partial charge >= 0.3 is 6.36 Å². The highest BCUT2D eigenvalue weighted by atomic mass is 79.9. The maximum atomic E-state index is 13.2. The van der Waals surface area contributed by atoms with E-state index < -0.39 is 12.4 Å². The van der Waals surface area contributed by atoms with Gasteiger partial charge in [0.15, 0.2) is 0 Å². The Hall–Kier alpha value is -3.20. The van der Waals surface area contributed by atoms with Crippen molar-refractivity contribution in [3.8, 4) is 17.2 Å². The molecule has 4 rings (SSSR count). The van der Waals surface area contributed by atoms with Crippen LogP contribution in [0.2, 0.25) is 0 Å². The molecule has 0 saturated carbocycles. The molecule has 0 aliphatic carbocycles. The maximum absolute atomic E-state index is 13.2. The molecule has 3 aromatic carbocycles. The summed E-state index contributed by atoms with van der Waals surface area (Å²) < 4.78 is 53.7. The Balaban J connectivity index is 1.56. The van der Waals surface area contributed by atoms with Crippen LogP contribution in [0.1, 0.15) is 41.4 Å². The van der Waals surface area contributed by atoms with Crippen molar-refractivity contribution in [1.29, 1.82) is 0 Å². The van der Waals surface area contributed by atoms with Crippen molar-refractivity contribution < 1.29 is 32.2 Å². The molecule has 1 amide bonds. The molecule has 3 aromatic rings. The Morgan fingerprint density at radius 1 is 0.943 bits per heavy atom. The van der Waals surface area contributed by atoms with Crippen molar-refractivity contribution in [2.75, 3.05) is 6.61 Å². The van der Waals surface area contributed by atoms with Crippen LogP contribution in [0.25, 0.3) is 0 Å². The van der Waals surface area contributed by atoms with Crippen molar-refractivity contribution in [2.45, 2.75) is 38.9 Å². The number of fused-ring (bicyclic) bond motifs is 1. The van der Waals surface area contributed by atoms with Crippen LogP contribution in [0.3, 0.4) is 0 Å². The van der Waals surface area contributed by atoms with Crippen molar-refractivity contribution in [3.05, 3.63) is 87.9 Å². The minimum Gasteiger partial charge on any atom is -0.491 e. The van der Waals surface area contributed by atoms with Crippen molar-refractivity contribution >= 4 is 21.8 Å². The second-order valence-electron chi connectivity index (χ2n) is 8.32. The average Bonchev–Trinajstić information content (AvgIpc) is 3.10. The number of carbonyl (C=O) groups excluding carboxylic acids is 1. The van der Waals surface area contributed by atoms with E-state index in [4.69, 9.17) is 9.47 Å². The first kappa shape index (κ1) is 24.9. The molecule has 5 nitrogen and oxygen atoms in total. The van der Waals surface area contributed by atoms with Gasteiger partial charge in [0, 0.05) is 16.6 Å². The van der Waals surface area contributed by atoms with Gasteiger partial charge < -0.3 is 19.1 Å². The summed E-state index contributed by atoms with van der Waals surface area (Å²) in [4.78, 5) is 15.0. The van der Waals surface area contributed by atoms with E-state index in [0.29, 0.717) is 23.6 Å². The lowest BCUT2D eigenvalue weighted by Gasteiger charge is -2.28. The zero-order valence-corrected chi connectivity index (χ0v) is 20.6. The number of ether oxygens (including phenoxy) is 3. The van der Waals surface area contributed by atoms with Crippen LogP contribution in [0.15, 0.2) is 71.2 Å². The molecule has 1 aliphatic heterocycles. The fourth-order valence-corrected chi connectivity index (χ4v) is 4.29. The summed E-state index contributed by atoms with van der Waals surface area (Å²) in [5, 5.41) is 0. The first-order valence-corrected chi connectivity index (χ1v) is 11.7. The summed E-state index contributed by atoms with van der Waals surface area (Å²) in [5.41, 5.74) is 2.38. The third-order valence-corrected chi connectivity index (χ3v) is 5.87. The van der Waals surface area contributed by atoms with Gasteiger partial charge in [-0.15, -0.1) is 13.2 Å². The minimum absolute atomic E-state index is 0.0254. The molecular weight excluding hydrogens is 527 g/mol. The standard InChI is InChI=1S/C26H23BrF3NO4/c1-16(2)34-21-6-3-17(4-7-21)24(31-14-18-13-19(27)5-12-23(18)25(31)32)15-33-20-8-10-22(11-9-20)35-26(28,29)30/h3-13,16,24H,14-15H2,1-2H3. The second kappa shape index (κ2) is 10.2. The lowest BCUT2D eigenvalue weighted by molar-refractivity contribution is -0.274. The smallest absolute Gasteiger partial charge is 0.491 e. The molecule has 1 unspecified atom stereocenters. The van der Waals surface area contributed by atoms with Crippen LogP contribution in [-0.2, 0) is 6.54 Å². The Morgan fingerprint density at radius 3 is 2.20 bits per heavy atom. The molecule has 0 saturated heterocycles. The molecule has 35 heavy (non-hydrogen) atoms. The molecule has 9 heteroatoms. The Labute approximate surface area is 209 Å². The van der Waals surface area contributed by atoms with E-state index in [1.54, 1.807) is 11.0 Å². The molecule has 0 bridgehead atoms. The molecular formula is C26H23BrF3NO4. The predicted molar refractivity (Wildman–Crippen MR) is 128 cm³/mol. The summed E-state index contributed by atoms with van der Waals surface area (Å²) in [7, 11) is 0. The van der Waals surface area contributed by atoms with Crippen molar-refractivity contribution in [2.24, 2.45) is 0 Å². The van der Waals surface area contributed by atoms with Gasteiger partial charge in [-0.25, -0.2) is 0 Å². The van der Waals surface area contributed by atoms with Gasteiger partial charge in [-0.2, -0.15) is 0 Å². The van der Waals surface area contributed by atoms with Gasteiger partial charge in [0.2, 0.25) is 0 Å². The summed E-state index contributed by atoms with van der Waals surface area (Å²) in [5.74, 6) is 0.621. The Bertz CT molecular complexity index is 1180. The van der Waals surface area contributed by atoms with Crippen molar-refractivity contribution in [3.63, 3.8) is 0 Å². The lowest BCUT2D eigenvalue weighted by atomic mass is 10.1. The van der Waals surface area contributed by atoms with Gasteiger partial charge in [0.05, 0.1) is 12.1 Å². The summed E-state index contributed by atoms with van der Waals surface area (Å²) in [6.07, 6.45) is -4.74. The molecule has 0 spiro atoms. The van der Waals surface area contributed by atoms with Crippen LogP contribution in [0.5, 0.6) is 17.2 Å². The summed E-state index contributed by atoms with van der Waals surface area (Å²) >= 11 is 3.45. The molecule has 1 heterocycles. The highest BCUT2D eigenvalue weighted by Crippen LogP contribution is 2.34. The fraction of sp³-hybridized carbons (Fsp3) is 0.269. The number of alkyl halides is 3. The number of halogens is 4. The minimum atomic E-state index is -4.76. The molecule has 0 N–H and O–H groups in total. The lowest BCUT2D eigenvalue weighted by Crippen LogP contribution is -2.33. The normalized spacial score (nSPS) is 14.1. The molecule has 0 radical (unpaired) electrons. The number of rotatable bonds is 8. The molecule has 0 aromatic heterocycles. The molecule has 1 atom stereocenters. The summed E-state index contributed by atoms with van der Waals surface area (Å²) in [6, 6.07) is 17.7.